The number of phenols is 1. The summed E-state index contributed by atoms with van der Waals surface area (Å²) in [6.45, 7) is 7.28. The summed E-state index contributed by atoms with van der Waals surface area (Å²) >= 11 is 0. The van der Waals surface area contributed by atoms with Crippen LogP contribution in [0.1, 0.15) is 36.2 Å². The van der Waals surface area contributed by atoms with Gasteiger partial charge in [0.25, 0.3) is 0 Å². The summed E-state index contributed by atoms with van der Waals surface area (Å²) in [5.74, 6) is 0.267. The van der Waals surface area contributed by atoms with Crippen molar-refractivity contribution in [1.82, 2.24) is 0 Å². The Hall–Kier alpha value is -1.41. The Labute approximate surface area is 133 Å². The molecule has 0 aliphatic heterocycles. The second kappa shape index (κ2) is 8.28. The molecule has 1 unspecified atom stereocenters. The van der Waals surface area contributed by atoms with Gasteiger partial charge in [-0.05, 0) is 44.0 Å². The van der Waals surface area contributed by atoms with E-state index >= 15 is 0 Å². The van der Waals surface area contributed by atoms with Crippen molar-refractivity contribution in [1.29, 1.82) is 0 Å². The van der Waals surface area contributed by atoms with E-state index < -0.39 is 8.38 Å². The predicted octanol–water partition coefficient (Wildman–Crippen LogP) is 5.17. The maximum Gasteiger partial charge on any atom is 0.183 e. The maximum atomic E-state index is 9.53. The van der Waals surface area contributed by atoms with Gasteiger partial charge in [0.1, 0.15) is 5.75 Å². The van der Waals surface area contributed by atoms with Crippen LogP contribution in [-0.2, 0) is 9.05 Å². The molecule has 118 valence electrons. The summed E-state index contributed by atoms with van der Waals surface area (Å²) in [4.78, 5) is 0. The van der Waals surface area contributed by atoms with E-state index in [4.69, 9.17) is 9.05 Å². The van der Waals surface area contributed by atoms with Gasteiger partial charge in [-0.15, -0.1) is 0 Å². The van der Waals surface area contributed by atoms with Crippen molar-refractivity contribution in [3.63, 3.8) is 0 Å². The van der Waals surface area contributed by atoms with Crippen molar-refractivity contribution in [3.05, 3.63) is 65.2 Å². The third kappa shape index (κ3) is 4.30. The number of rotatable bonds is 7. The molecule has 0 saturated heterocycles. The highest BCUT2D eigenvalue weighted by atomic mass is 31.2. The Morgan fingerprint density at radius 1 is 0.864 bits per heavy atom. The van der Waals surface area contributed by atoms with Gasteiger partial charge >= 0.3 is 0 Å². The fourth-order valence-electron chi connectivity index (χ4n) is 2.28. The average Bonchev–Trinajstić information content (AvgIpc) is 2.52. The van der Waals surface area contributed by atoms with E-state index in [0.29, 0.717) is 13.2 Å². The lowest BCUT2D eigenvalue weighted by Crippen LogP contribution is -2.05. The summed E-state index contributed by atoms with van der Waals surface area (Å²) in [5, 5.41) is 9.53. The monoisotopic (exact) mass is 318 g/mol. The van der Waals surface area contributed by atoms with Crippen LogP contribution in [0.3, 0.4) is 0 Å². The van der Waals surface area contributed by atoms with Crippen LogP contribution in [0, 0.1) is 6.92 Å². The van der Waals surface area contributed by atoms with Gasteiger partial charge in [0, 0.05) is 0 Å². The molecular formula is C18H23O3P. The molecule has 2 rings (SSSR count). The molecule has 0 spiro atoms. The standard InChI is InChI=1S/C18H23O3P/c1-4-20-22(21-5-2)18(15-8-6-14(3)7-9-15)16-10-12-17(19)13-11-16/h6-13,18-19H,4-5H2,1-3H3. The zero-order chi connectivity index (χ0) is 15.9. The van der Waals surface area contributed by atoms with E-state index in [1.54, 1.807) is 12.1 Å². The minimum absolute atomic E-state index is 0.0381. The Bertz CT molecular complexity index is 514. The number of hydrogen-bond donors (Lipinski definition) is 1. The van der Waals surface area contributed by atoms with Crippen LogP contribution < -0.4 is 0 Å². The fourth-order valence-corrected chi connectivity index (χ4v) is 3.99. The lowest BCUT2D eigenvalue weighted by atomic mass is 10.0. The molecule has 0 aliphatic rings. The van der Waals surface area contributed by atoms with Gasteiger partial charge in [-0.3, -0.25) is 0 Å². The van der Waals surface area contributed by atoms with Gasteiger partial charge in [0.2, 0.25) is 0 Å². The molecule has 0 aromatic heterocycles. The summed E-state index contributed by atoms with van der Waals surface area (Å²) in [6.07, 6.45) is 0. The zero-order valence-electron chi connectivity index (χ0n) is 13.3. The predicted molar refractivity (Wildman–Crippen MR) is 91.3 cm³/mol. The van der Waals surface area contributed by atoms with E-state index in [0.717, 1.165) is 5.56 Å². The highest BCUT2D eigenvalue weighted by Gasteiger charge is 2.27. The molecule has 2 aromatic carbocycles. The van der Waals surface area contributed by atoms with Crippen molar-refractivity contribution in [3.8, 4) is 5.75 Å². The first-order valence-electron chi connectivity index (χ1n) is 7.56. The van der Waals surface area contributed by atoms with E-state index in [1.165, 1.54) is 11.1 Å². The van der Waals surface area contributed by atoms with E-state index in [1.807, 2.05) is 26.0 Å². The molecule has 4 heteroatoms. The minimum Gasteiger partial charge on any atom is -0.508 e. The van der Waals surface area contributed by atoms with Gasteiger partial charge in [-0.2, -0.15) is 0 Å². The first kappa shape index (κ1) is 17.0. The molecule has 0 saturated carbocycles. The first-order chi connectivity index (χ1) is 10.7. The average molecular weight is 318 g/mol. The molecule has 2 aromatic rings. The van der Waals surface area contributed by atoms with Crippen LogP contribution >= 0.6 is 8.38 Å². The van der Waals surface area contributed by atoms with Crippen LogP contribution in [0.5, 0.6) is 5.75 Å². The van der Waals surface area contributed by atoms with Gasteiger partial charge in [0.15, 0.2) is 8.38 Å². The van der Waals surface area contributed by atoms with Crippen molar-refractivity contribution in [2.24, 2.45) is 0 Å². The molecule has 3 nitrogen and oxygen atoms in total. The minimum atomic E-state index is -1.08. The number of benzene rings is 2. The second-order valence-corrected chi connectivity index (χ2v) is 6.63. The SMILES string of the molecule is CCOP(OCC)C(c1ccc(C)cc1)c1ccc(O)cc1. The number of aryl methyl sites for hydroxylation is 1. The van der Waals surface area contributed by atoms with Crippen molar-refractivity contribution in [2.45, 2.75) is 26.4 Å². The first-order valence-corrected chi connectivity index (χ1v) is 8.81. The Kier molecular flexibility index (Phi) is 6.38. The number of hydrogen-bond acceptors (Lipinski definition) is 3. The highest BCUT2D eigenvalue weighted by Crippen LogP contribution is 2.56. The van der Waals surface area contributed by atoms with Crippen molar-refractivity contribution in [2.75, 3.05) is 13.2 Å². The van der Waals surface area contributed by atoms with Gasteiger partial charge in [-0.1, -0.05) is 42.0 Å². The Balaban J connectivity index is 2.42. The van der Waals surface area contributed by atoms with Crippen molar-refractivity contribution < 1.29 is 14.2 Å². The van der Waals surface area contributed by atoms with Gasteiger partial charge in [-0.25, -0.2) is 0 Å². The second-order valence-electron chi connectivity index (χ2n) is 5.03. The molecular weight excluding hydrogens is 295 g/mol. The fraction of sp³-hybridized carbons (Fsp3) is 0.333. The van der Waals surface area contributed by atoms with E-state index in [9.17, 15) is 5.11 Å². The van der Waals surface area contributed by atoms with Gasteiger partial charge < -0.3 is 14.2 Å². The number of aromatic hydroxyl groups is 1. The highest BCUT2D eigenvalue weighted by molar-refractivity contribution is 7.48. The van der Waals surface area contributed by atoms with Crippen LogP contribution in [-0.4, -0.2) is 18.3 Å². The van der Waals surface area contributed by atoms with E-state index in [2.05, 4.69) is 31.2 Å². The van der Waals surface area contributed by atoms with Crippen LogP contribution in [0.25, 0.3) is 0 Å². The smallest absolute Gasteiger partial charge is 0.183 e. The summed E-state index contributed by atoms with van der Waals surface area (Å²) < 4.78 is 11.8. The Morgan fingerprint density at radius 2 is 1.32 bits per heavy atom. The lowest BCUT2D eigenvalue weighted by Gasteiger charge is -2.26. The normalized spacial score (nSPS) is 12.5. The van der Waals surface area contributed by atoms with Gasteiger partial charge in [0.05, 0.1) is 18.9 Å². The molecule has 22 heavy (non-hydrogen) atoms. The lowest BCUT2D eigenvalue weighted by molar-refractivity contribution is 0.265. The summed E-state index contributed by atoms with van der Waals surface area (Å²) in [5.41, 5.74) is 3.53. The van der Waals surface area contributed by atoms with E-state index in [-0.39, 0.29) is 11.4 Å². The van der Waals surface area contributed by atoms with Crippen LogP contribution in [0.4, 0.5) is 0 Å². The Morgan fingerprint density at radius 3 is 1.77 bits per heavy atom. The third-order valence-corrected chi connectivity index (χ3v) is 5.37. The molecule has 0 aliphatic carbocycles. The molecule has 0 fully saturated rings. The maximum absolute atomic E-state index is 9.53. The molecule has 1 atom stereocenters. The topological polar surface area (TPSA) is 38.7 Å². The molecule has 0 heterocycles. The summed E-state index contributed by atoms with van der Waals surface area (Å²) in [6, 6.07) is 15.8. The molecule has 1 N–H and O–H groups in total. The largest absolute Gasteiger partial charge is 0.508 e. The van der Waals surface area contributed by atoms with Crippen molar-refractivity contribution >= 4 is 8.38 Å². The third-order valence-electron chi connectivity index (χ3n) is 3.33. The number of phenolic OH excluding ortho intramolecular Hbond substituents is 1. The zero-order valence-corrected chi connectivity index (χ0v) is 14.2. The quantitative estimate of drug-likeness (QED) is 0.715. The summed E-state index contributed by atoms with van der Waals surface area (Å²) in [7, 11) is -1.08. The molecule has 0 amide bonds. The molecule has 0 bridgehead atoms. The van der Waals surface area contributed by atoms with Crippen LogP contribution in [0.15, 0.2) is 48.5 Å². The van der Waals surface area contributed by atoms with Crippen LogP contribution in [0.2, 0.25) is 0 Å². The molecule has 0 radical (unpaired) electrons.